The first-order valence-electron chi connectivity index (χ1n) is 10.3. The van der Waals surface area contributed by atoms with Crippen LogP contribution in [0, 0.1) is 0 Å². The Kier molecular flexibility index (Phi) is 5.85. The van der Waals surface area contributed by atoms with E-state index < -0.39 is 10.0 Å². The summed E-state index contributed by atoms with van der Waals surface area (Å²) in [7, 11) is -1.86. The molecule has 0 bridgehead atoms. The minimum Gasteiger partial charge on any atom is -0.496 e. The number of aromatic amines is 1. The van der Waals surface area contributed by atoms with Crippen LogP contribution in [0.15, 0.2) is 29.1 Å². The van der Waals surface area contributed by atoms with Crippen LogP contribution in [0.25, 0.3) is 0 Å². The lowest BCUT2D eigenvalue weighted by atomic mass is 9.99. The zero-order chi connectivity index (χ0) is 22.2. The number of likely N-dealkylation sites (tertiary alicyclic amines) is 1. The first-order chi connectivity index (χ1) is 14.8. The number of benzene rings is 1. The van der Waals surface area contributed by atoms with Gasteiger partial charge in [0.2, 0.25) is 10.0 Å². The average molecular weight is 447 g/mol. The molecule has 2 aromatic rings. The monoisotopic (exact) mass is 446 g/mol. The molecule has 1 N–H and O–H groups in total. The second-order valence-electron chi connectivity index (χ2n) is 7.93. The van der Waals surface area contributed by atoms with E-state index in [1.165, 1.54) is 11.4 Å². The Bertz CT molecular complexity index is 1160. The summed E-state index contributed by atoms with van der Waals surface area (Å²) in [4.78, 5) is 35.4. The Morgan fingerprint density at radius 2 is 2.00 bits per heavy atom. The van der Waals surface area contributed by atoms with Crippen molar-refractivity contribution in [1.29, 1.82) is 0 Å². The van der Waals surface area contributed by atoms with Gasteiger partial charge < -0.3 is 14.6 Å². The molecule has 3 heterocycles. The number of H-pyrrole nitrogens is 1. The highest BCUT2D eigenvalue weighted by Gasteiger charge is 2.33. The molecular weight excluding hydrogens is 420 g/mol. The molecule has 166 valence electrons. The van der Waals surface area contributed by atoms with Gasteiger partial charge in [-0.25, -0.2) is 13.4 Å². The topological polar surface area (TPSA) is 113 Å². The van der Waals surface area contributed by atoms with Gasteiger partial charge in [-0.05, 0) is 31.4 Å². The molecule has 0 saturated carbocycles. The summed E-state index contributed by atoms with van der Waals surface area (Å²) in [6.45, 7) is 0.867. The van der Waals surface area contributed by atoms with Crippen LogP contribution >= 0.6 is 0 Å². The molecule has 2 aliphatic heterocycles. The van der Waals surface area contributed by atoms with E-state index in [2.05, 4.69) is 9.97 Å². The summed E-state index contributed by atoms with van der Waals surface area (Å²) in [5.74, 6) is 0.801. The maximum Gasteiger partial charge on any atom is 0.258 e. The van der Waals surface area contributed by atoms with Crippen LogP contribution in [0.3, 0.4) is 0 Å². The molecule has 1 saturated heterocycles. The highest BCUT2D eigenvalue weighted by atomic mass is 32.2. The Labute approximate surface area is 181 Å². The van der Waals surface area contributed by atoms with E-state index in [1.807, 2.05) is 6.07 Å². The Morgan fingerprint density at radius 3 is 2.74 bits per heavy atom. The van der Waals surface area contributed by atoms with E-state index in [1.54, 1.807) is 23.1 Å². The number of sulfonamides is 1. The number of carbonyl (C=O) groups is 1. The molecule has 0 unspecified atom stereocenters. The van der Waals surface area contributed by atoms with Gasteiger partial charge in [0.15, 0.2) is 0 Å². The van der Waals surface area contributed by atoms with Crippen molar-refractivity contribution in [2.45, 2.75) is 38.3 Å². The van der Waals surface area contributed by atoms with Crippen molar-refractivity contribution in [3.05, 3.63) is 57.3 Å². The maximum absolute atomic E-state index is 13.3. The summed E-state index contributed by atoms with van der Waals surface area (Å²) >= 11 is 0. The van der Waals surface area contributed by atoms with Crippen LogP contribution < -0.4 is 10.3 Å². The Balaban J connectivity index is 1.67. The number of nitrogens with one attached hydrogen (secondary N) is 1. The van der Waals surface area contributed by atoms with Crippen molar-refractivity contribution in [2.75, 3.05) is 26.5 Å². The normalized spacial score (nSPS) is 19.7. The number of methoxy groups -OCH3 is 1. The number of hydrogen-bond acceptors (Lipinski definition) is 6. The molecule has 1 amide bonds. The number of amides is 1. The van der Waals surface area contributed by atoms with E-state index in [9.17, 15) is 18.0 Å². The standard InChI is InChI=1S/C21H26N4O5S/c1-30-18-9-4-3-7-14(18)21(27)25-11-6-5-8-17(25)19-22-16-10-12-24(31(2,28)29)13-15(16)20(26)23-19/h3-4,7,9,17H,5-6,8,10-13H2,1-2H3,(H,22,23,26)/t17-/m1/s1. The van der Waals surface area contributed by atoms with E-state index in [0.29, 0.717) is 47.8 Å². The van der Waals surface area contributed by atoms with E-state index >= 15 is 0 Å². The van der Waals surface area contributed by atoms with Gasteiger partial charge in [0.1, 0.15) is 11.6 Å². The fourth-order valence-electron chi connectivity index (χ4n) is 4.30. The van der Waals surface area contributed by atoms with Crippen LogP contribution in [-0.2, 0) is 23.0 Å². The molecule has 4 rings (SSSR count). The molecule has 0 radical (unpaired) electrons. The fourth-order valence-corrected chi connectivity index (χ4v) is 5.08. The SMILES string of the molecule is COc1ccccc1C(=O)N1CCCC[C@@H]1c1nc2c(c(=O)[nH]1)CN(S(C)(=O)=O)CC2. The number of nitrogens with zero attached hydrogens (tertiary/aromatic N) is 3. The van der Waals surface area contributed by atoms with Crippen LogP contribution in [-0.4, -0.2) is 60.0 Å². The predicted octanol–water partition coefficient (Wildman–Crippen LogP) is 1.46. The van der Waals surface area contributed by atoms with Gasteiger partial charge in [0.25, 0.3) is 11.5 Å². The highest BCUT2D eigenvalue weighted by Crippen LogP contribution is 2.32. The van der Waals surface area contributed by atoms with Crippen LogP contribution in [0.1, 0.15) is 52.7 Å². The number of para-hydroxylation sites is 1. The summed E-state index contributed by atoms with van der Waals surface area (Å²) in [5, 5.41) is 0. The molecule has 1 fully saturated rings. The first-order valence-corrected chi connectivity index (χ1v) is 12.2. The van der Waals surface area contributed by atoms with Gasteiger partial charge >= 0.3 is 0 Å². The molecule has 0 aliphatic carbocycles. The highest BCUT2D eigenvalue weighted by molar-refractivity contribution is 7.88. The molecule has 31 heavy (non-hydrogen) atoms. The van der Waals surface area contributed by atoms with Gasteiger partial charge in [-0.3, -0.25) is 9.59 Å². The third kappa shape index (κ3) is 4.22. The fraction of sp³-hybridized carbons (Fsp3) is 0.476. The van der Waals surface area contributed by atoms with Gasteiger partial charge in [-0.2, -0.15) is 4.31 Å². The molecular formula is C21H26N4O5S. The Hall–Kier alpha value is -2.72. The zero-order valence-corrected chi connectivity index (χ0v) is 18.4. The molecule has 1 aromatic carbocycles. The summed E-state index contributed by atoms with van der Waals surface area (Å²) in [6, 6.07) is 6.73. The van der Waals surface area contributed by atoms with Crippen LogP contribution in [0.4, 0.5) is 0 Å². The average Bonchev–Trinajstić information content (AvgIpc) is 2.77. The van der Waals surface area contributed by atoms with Gasteiger partial charge in [0, 0.05) is 26.1 Å². The lowest BCUT2D eigenvalue weighted by molar-refractivity contribution is 0.0595. The van der Waals surface area contributed by atoms with Crippen molar-refractivity contribution >= 4 is 15.9 Å². The smallest absolute Gasteiger partial charge is 0.258 e. The van der Waals surface area contributed by atoms with Gasteiger partial charge in [-0.1, -0.05) is 12.1 Å². The largest absolute Gasteiger partial charge is 0.496 e. The lowest BCUT2D eigenvalue weighted by Gasteiger charge is -2.36. The van der Waals surface area contributed by atoms with E-state index in [0.717, 1.165) is 19.1 Å². The second kappa shape index (κ2) is 8.43. The van der Waals surface area contributed by atoms with Crippen molar-refractivity contribution < 1.29 is 17.9 Å². The number of hydrogen-bond donors (Lipinski definition) is 1. The van der Waals surface area contributed by atoms with Crippen LogP contribution in [0.5, 0.6) is 5.75 Å². The summed E-state index contributed by atoms with van der Waals surface area (Å²) in [6.07, 6.45) is 3.99. The van der Waals surface area contributed by atoms with Crippen molar-refractivity contribution in [1.82, 2.24) is 19.2 Å². The minimum absolute atomic E-state index is 0.0192. The molecule has 2 aliphatic rings. The van der Waals surface area contributed by atoms with Gasteiger partial charge in [-0.15, -0.1) is 0 Å². The molecule has 1 atom stereocenters. The van der Waals surface area contributed by atoms with E-state index in [-0.39, 0.29) is 30.6 Å². The number of piperidine rings is 1. The third-order valence-electron chi connectivity index (χ3n) is 5.94. The minimum atomic E-state index is -3.39. The maximum atomic E-state index is 13.3. The quantitative estimate of drug-likeness (QED) is 0.761. The van der Waals surface area contributed by atoms with Crippen molar-refractivity contribution in [2.24, 2.45) is 0 Å². The number of rotatable bonds is 4. The van der Waals surface area contributed by atoms with Crippen LogP contribution in [0.2, 0.25) is 0 Å². The third-order valence-corrected chi connectivity index (χ3v) is 7.19. The first kappa shape index (κ1) is 21.5. The zero-order valence-electron chi connectivity index (χ0n) is 17.6. The number of aromatic nitrogens is 2. The van der Waals surface area contributed by atoms with Crippen molar-refractivity contribution in [3.8, 4) is 5.75 Å². The lowest BCUT2D eigenvalue weighted by Crippen LogP contribution is -2.42. The summed E-state index contributed by atoms with van der Waals surface area (Å²) < 4.78 is 30.4. The predicted molar refractivity (Wildman–Crippen MR) is 114 cm³/mol. The Morgan fingerprint density at radius 1 is 1.23 bits per heavy atom. The molecule has 10 heteroatoms. The van der Waals surface area contributed by atoms with Gasteiger partial charge in [0.05, 0.1) is 36.2 Å². The number of carbonyl (C=O) groups excluding carboxylic acids is 1. The van der Waals surface area contributed by atoms with E-state index in [4.69, 9.17) is 4.74 Å². The second-order valence-corrected chi connectivity index (χ2v) is 9.92. The molecule has 9 nitrogen and oxygen atoms in total. The van der Waals surface area contributed by atoms with Crippen molar-refractivity contribution in [3.63, 3.8) is 0 Å². The number of ether oxygens (including phenoxy) is 1. The summed E-state index contributed by atoms with van der Waals surface area (Å²) in [5.41, 5.74) is 1.11. The number of fused-ring (bicyclic) bond motifs is 1. The molecule has 0 spiro atoms. The molecule has 1 aromatic heterocycles.